The molecule has 1 aliphatic carbocycles. The molecular weight excluding hydrogens is 365 g/mol. The molecule has 1 amide bonds. The van der Waals surface area contributed by atoms with Crippen LogP contribution in [0.15, 0.2) is 0 Å². The van der Waals surface area contributed by atoms with Crippen LogP contribution in [0, 0.1) is 5.41 Å². The standard InChI is InChI=1S/C17H33N3O3.2ClH/c1-6-23-13-11-17(18,16(13,4)5)14(21)19-12-15(2,3)20-7-9-22-10-8-20;;/h13H,6-12,18H2,1-5H3,(H,19,21);2*1H. The molecule has 0 bridgehead atoms. The average molecular weight is 400 g/mol. The summed E-state index contributed by atoms with van der Waals surface area (Å²) >= 11 is 0. The second-order valence-corrected chi connectivity index (χ2v) is 7.94. The lowest BCUT2D eigenvalue weighted by Gasteiger charge is -2.57. The van der Waals surface area contributed by atoms with E-state index in [4.69, 9.17) is 15.2 Å². The quantitative estimate of drug-likeness (QED) is 0.708. The van der Waals surface area contributed by atoms with Gasteiger partial charge in [0.25, 0.3) is 0 Å². The zero-order valence-electron chi connectivity index (χ0n) is 16.1. The average Bonchev–Trinajstić information content (AvgIpc) is 2.53. The lowest BCUT2D eigenvalue weighted by Crippen LogP contribution is -2.76. The zero-order chi connectivity index (χ0) is 17.3. The molecule has 25 heavy (non-hydrogen) atoms. The number of carbonyl (C=O) groups is 1. The molecule has 150 valence electrons. The van der Waals surface area contributed by atoms with Crippen molar-refractivity contribution in [2.24, 2.45) is 11.1 Å². The first-order valence-corrected chi connectivity index (χ1v) is 8.67. The Kier molecular flexibility index (Phi) is 9.16. The molecule has 1 saturated heterocycles. The third kappa shape index (κ3) is 4.79. The summed E-state index contributed by atoms with van der Waals surface area (Å²) in [4.78, 5) is 15.1. The van der Waals surface area contributed by atoms with Gasteiger partial charge in [-0.05, 0) is 20.8 Å². The molecule has 0 aromatic rings. The molecule has 2 aliphatic rings. The maximum Gasteiger partial charge on any atom is 0.240 e. The molecule has 3 N–H and O–H groups in total. The van der Waals surface area contributed by atoms with Crippen molar-refractivity contribution in [2.45, 2.75) is 58.2 Å². The fourth-order valence-electron chi connectivity index (χ4n) is 3.56. The monoisotopic (exact) mass is 399 g/mol. The van der Waals surface area contributed by atoms with Gasteiger partial charge in [-0.1, -0.05) is 13.8 Å². The number of ether oxygens (including phenoxy) is 2. The van der Waals surface area contributed by atoms with Gasteiger partial charge in [0.05, 0.1) is 19.3 Å². The number of halogens is 2. The summed E-state index contributed by atoms with van der Waals surface area (Å²) in [6.45, 7) is 14.8. The highest BCUT2D eigenvalue weighted by Gasteiger charge is 2.62. The van der Waals surface area contributed by atoms with Gasteiger partial charge in [-0.25, -0.2) is 0 Å². The van der Waals surface area contributed by atoms with Crippen LogP contribution in [0.1, 0.15) is 41.0 Å². The van der Waals surface area contributed by atoms with Crippen molar-refractivity contribution in [2.75, 3.05) is 39.5 Å². The van der Waals surface area contributed by atoms with E-state index in [1.54, 1.807) is 0 Å². The van der Waals surface area contributed by atoms with Crippen molar-refractivity contribution in [3.8, 4) is 0 Å². The van der Waals surface area contributed by atoms with E-state index in [1.165, 1.54) is 0 Å². The van der Waals surface area contributed by atoms with E-state index in [1.807, 2.05) is 20.8 Å². The van der Waals surface area contributed by atoms with Gasteiger partial charge in [0.2, 0.25) is 5.91 Å². The summed E-state index contributed by atoms with van der Waals surface area (Å²) in [7, 11) is 0. The molecule has 0 spiro atoms. The van der Waals surface area contributed by atoms with Crippen LogP contribution >= 0.6 is 24.8 Å². The molecule has 2 atom stereocenters. The van der Waals surface area contributed by atoms with Crippen LogP contribution < -0.4 is 11.1 Å². The second-order valence-electron chi connectivity index (χ2n) is 7.94. The van der Waals surface area contributed by atoms with E-state index in [0.717, 1.165) is 26.3 Å². The number of morpholine rings is 1. The van der Waals surface area contributed by atoms with Crippen LogP contribution in [0.5, 0.6) is 0 Å². The molecule has 2 rings (SSSR count). The third-order valence-corrected chi connectivity index (χ3v) is 5.78. The summed E-state index contributed by atoms with van der Waals surface area (Å²) in [6, 6.07) is 0. The summed E-state index contributed by atoms with van der Waals surface area (Å²) in [6.07, 6.45) is 0.632. The lowest BCUT2D eigenvalue weighted by molar-refractivity contribution is -0.171. The van der Waals surface area contributed by atoms with E-state index < -0.39 is 5.54 Å². The van der Waals surface area contributed by atoms with Crippen LogP contribution in [0.2, 0.25) is 0 Å². The number of hydrogen-bond acceptors (Lipinski definition) is 5. The number of rotatable bonds is 6. The SMILES string of the molecule is CCOC1CC(N)(C(=O)NCC(C)(C)N2CCOCC2)C1(C)C.Cl.Cl. The van der Waals surface area contributed by atoms with E-state index >= 15 is 0 Å². The van der Waals surface area contributed by atoms with Crippen molar-refractivity contribution in [1.82, 2.24) is 10.2 Å². The molecule has 1 saturated carbocycles. The highest BCUT2D eigenvalue weighted by atomic mass is 35.5. The molecule has 1 heterocycles. The molecule has 0 radical (unpaired) electrons. The Balaban J connectivity index is 0.00000288. The minimum atomic E-state index is -0.853. The number of nitrogens with two attached hydrogens (primary N) is 1. The predicted octanol–water partition coefficient (Wildman–Crippen LogP) is 1.59. The van der Waals surface area contributed by atoms with Crippen LogP contribution in [0.4, 0.5) is 0 Å². The van der Waals surface area contributed by atoms with Crippen molar-refractivity contribution in [3.05, 3.63) is 0 Å². The van der Waals surface area contributed by atoms with Gasteiger partial charge < -0.3 is 20.5 Å². The van der Waals surface area contributed by atoms with Gasteiger partial charge in [0.15, 0.2) is 0 Å². The lowest BCUT2D eigenvalue weighted by atomic mass is 9.54. The first-order valence-electron chi connectivity index (χ1n) is 8.67. The highest BCUT2D eigenvalue weighted by Crippen LogP contribution is 2.49. The predicted molar refractivity (Wildman–Crippen MR) is 105 cm³/mol. The highest BCUT2D eigenvalue weighted by molar-refractivity contribution is 5.88. The maximum absolute atomic E-state index is 12.7. The molecular formula is C17H35Cl2N3O3. The smallest absolute Gasteiger partial charge is 0.240 e. The summed E-state index contributed by atoms with van der Waals surface area (Å²) in [5.74, 6) is -0.0696. The Hall–Kier alpha value is -0.110. The Labute approximate surface area is 164 Å². The van der Waals surface area contributed by atoms with E-state index in [2.05, 4.69) is 24.1 Å². The molecule has 0 aromatic heterocycles. The summed E-state index contributed by atoms with van der Waals surface area (Å²) in [5, 5.41) is 3.08. The fraction of sp³-hybridized carbons (Fsp3) is 0.941. The van der Waals surface area contributed by atoms with Gasteiger partial charge in [-0.15, -0.1) is 24.8 Å². The number of hydrogen-bond donors (Lipinski definition) is 2. The van der Waals surface area contributed by atoms with Crippen molar-refractivity contribution < 1.29 is 14.3 Å². The molecule has 6 nitrogen and oxygen atoms in total. The topological polar surface area (TPSA) is 76.8 Å². The number of nitrogens with one attached hydrogen (secondary N) is 1. The van der Waals surface area contributed by atoms with Gasteiger partial charge in [-0.3, -0.25) is 9.69 Å². The Morgan fingerprint density at radius 1 is 1.32 bits per heavy atom. The van der Waals surface area contributed by atoms with Crippen LogP contribution in [0.3, 0.4) is 0 Å². The van der Waals surface area contributed by atoms with E-state index in [-0.39, 0.29) is 47.8 Å². The maximum atomic E-state index is 12.7. The Morgan fingerprint density at radius 3 is 2.36 bits per heavy atom. The minimum absolute atomic E-state index is 0. The van der Waals surface area contributed by atoms with Crippen molar-refractivity contribution in [1.29, 1.82) is 0 Å². The van der Waals surface area contributed by atoms with Gasteiger partial charge in [0.1, 0.15) is 5.54 Å². The third-order valence-electron chi connectivity index (χ3n) is 5.78. The van der Waals surface area contributed by atoms with Crippen LogP contribution in [0.25, 0.3) is 0 Å². The molecule has 1 aliphatic heterocycles. The molecule has 2 fully saturated rings. The van der Waals surface area contributed by atoms with Crippen molar-refractivity contribution >= 4 is 30.7 Å². The first-order chi connectivity index (χ1) is 10.6. The first kappa shape index (κ1) is 24.9. The number of nitrogens with zero attached hydrogens (tertiary/aromatic N) is 1. The zero-order valence-corrected chi connectivity index (χ0v) is 17.7. The van der Waals surface area contributed by atoms with Gasteiger partial charge in [0, 0.05) is 43.6 Å². The van der Waals surface area contributed by atoms with Crippen molar-refractivity contribution in [3.63, 3.8) is 0 Å². The summed E-state index contributed by atoms with van der Waals surface area (Å²) in [5.41, 5.74) is 5.11. The normalized spacial score (nSPS) is 29.0. The van der Waals surface area contributed by atoms with Crippen LogP contribution in [-0.4, -0.2) is 67.4 Å². The molecule has 8 heteroatoms. The van der Waals surface area contributed by atoms with E-state index in [9.17, 15) is 4.79 Å². The Morgan fingerprint density at radius 2 is 1.88 bits per heavy atom. The van der Waals surface area contributed by atoms with Crippen LogP contribution in [-0.2, 0) is 14.3 Å². The molecule has 2 unspecified atom stereocenters. The van der Waals surface area contributed by atoms with Gasteiger partial charge >= 0.3 is 0 Å². The Bertz CT molecular complexity index is 443. The number of carbonyl (C=O) groups excluding carboxylic acids is 1. The summed E-state index contributed by atoms with van der Waals surface area (Å²) < 4.78 is 11.1. The second kappa shape index (κ2) is 9.20. The van der Waals surface area contributed by atoms with E-state index in [0.29, 0.717) is 19.6 Å². The largest absolute Gasteiger partial charge is 0.379 e. The fourth-order valence-corrected chi connectivity index (χ4v) is 3.56. The number of amides is 1. The van der Waals surface area contributed by atoms with Gasteiger partial charge in [-0.2, -0.15) is 0 Å². The molecule has 0 aromatic carbocycles. The minimum Gasteiger partial charge on any atom is -0.379 e.